The highest BCUT2D eigenvalue weighted by molar-refractivity contribution is 5.93. The number of carbonyl (C=O) groups excluding carboxylic acids is 1. The maximum absolute atomic E-state index is 12.7. The molecule has 2 atom stereocenters. The summed E-state index contributed by atoms with van der Waals surface area (Å²) in [6, 6.07) is 4.45. The summed E-state index contributed by atoms with van der Waals surface area (Å²) in [5.41, 5.74) is 0.470. The zero-order valence-corrected chi connectivity index (χ0v) is 12.2. The monoisotopic (exact) mass is 291 g/mol. The Labute approximate surface area is 123 Å². The molecule has 0 spiro atoms. The molecule has 114 valence electrons. The summed E-state index contributed by atoms with van der Waals surface area (Å²) in [5, 5.41) is 8.92. The molecule has 0 aliphatic carbocycles. The minimum Gasteiger partial charge on any atom is -0.480 e. The maximum Gasteiger partial charge on any atom is 0.323 e. The molecule has 6 heteroatoms. The molecule has 2 saturated heterocycles. The van der Waals surface area contributed by atoms with Gasteiger partial charge >= 0.3 is 5.97 Å². The van der Waals surface area contributed by atoms with Crippen molar-refractivity contribution >= 4 is 11.9 Å². The van der Waals surface area contributed by atoms with Crippen molar-refractivity contribution in [2.75, 3.05) is 20.1 Å². The Morgan fingerprint density at radius 2 is 2.05 bits per heavy atom. The highest BCUT2D eigenvalue weighted by Crippen LogP contribution is 2.29. The van der Waals surface area contributed by atoms with Crippen LogP contribution in [0.25, 0.3) is 0 Å². The Hall–Kier alpha value is -1.82. The lowest BCUT2D eigenvalue weighted by Gasteiger charge is -2.26. The number of rotatable bonds is 3. The molecule has 1 N–H and O–H groups in total. The predicted octanol–water partition coefficient (Wildman–Crippen LogP) is 0.881. The van der Waals surface area contributed by atoms with Crippen LogP contribution in [0.2, 0.25) is 0 Å². The Morgan fingerprint density at radius 3 is 2.81 bits per heavy atom. The number of aliphatic carboxylic acids is 1. The van der Waals surface area contributed by atoms with Gasteiger partial charge in [-0.1, -0.05) is 0 Å². The molecular formula is C15H21N3O3. The van der Waals surface area contributed by atoms with Crippen LogP contribution in [0.1, 0.15) is 29.8 Å². The smallest absolute Gasteiger partial charge is 0.323 e. The van der Waals surface area contributed by atoms with E-state index in [0.29, 0.717) is 17.8 Å². The normalized spacial score (nSPS) is 25.9. The fraction of sp³-hybridized carbons (Fsp3) is 0.600. The van der Waals surface area contributed by atoms with E-state index in [-0.39, 0.29) is 12.5 Å². The van der Waals surface area contributed by atoms with Crippen molar-refractivity contribution in [3.05, 3.63) is 24.0 Å². The van der Waals surface area contributed by atoms with Crippen molar-refractivity contribution in [3.8, 4) is 0 Å². The molecule has 3 heterocycles. The first kappa shape index (κ1) is 14.1. The van der Waals surface area contributed by atoms with E-state index in [9.17, 15) is 9.59 Å². The first-order valence-corrected chi connectivity index (χ1v) is 7.44. The average molecular weight is 291 g/mol. The summed E-state index contributed by atoms with van der Waals surface area (Å²) in [6.45, 7) is 1.32. The number of hydrogen-bond acceptors (Lipinski definition) is 3. The number of aromatic nitrogens is 1. The van der Waals surface area contributed by atoms with Crippen LogP contribution >= 0.6 is 0 Å². The molecule has 2 bridgehead atoms. The van der Waals surface area contributed by atoms with Gasteiger partial charge in [0.25, 0.3) is 5.91 Å². The Kier molecular flexibility index (Phi) is 3.71. The van der Waals surface area contributed by atoms with Gasteiger partial charge < -0.3 is 14.6 Å². The summed E-state index contributed by atoms with van der Waals surface area (Å²) in [6.07, 6.45) is 5.01. The number of fused-ring (bicyclic) bond motifs is 2. The molecule has 2 unspecified atom stereocenters. The van der Waals surface area contributed by atoms with E-state index in [2.05, 4.69) is 11.9 Å². The summed E-state index contributed by atoms with van der Waals surface area (Å²) in [5.74, 6) is -0.989. The van der Waals surface area contributed by atoms with Crippen molar-refractivity contribution in [3.63, 3.8) is 0 Å². The van der Waals surface area contributed by atoms with Gasteiger partial charge in [-0.05, 0) is 38.4 Å². The van der Waals surface area contributed by atoms with Crippen LogP contribution in [0.5, 0.6) is 0 Å². The Morgan fingerprint density at radius 1 is 1.29 bits per heavy atom. The highest BCUT2D eigenvalue weighted by Gasteiger charge is 2.36. The van der Waals surface area contributed by atoms with E-state index < -0.39 is 5.97 Å². The van der Waals surface area contributed by atoms with Crippen LogP contribution in [0.4, 0.5) is 0 Å². The summed E-state index contributed by atoms with van der Waals surface area (Å²) >= 11 is 0. The lowest BCUT2D eigenvalue weighted by molar-refractivity contribution is -0.137. The molecular weight excluding hydrogens is 270 g/mol. The van der Waals surface area contributed by atoms with Crippen LogP contribution in [0.3, 0.4) is 0 Å². The molecule has 2 fully saturated rings. The number of amides is 1. The molecule has 1 aromatic heterocycles. The number of hydrogen-bond donors (Lipinski definition) is 1. The van der Waals surface area contributed by atoms with E-state index in [1.807, 2.05) is 4.90 Å². The summed E-state index contributed by atoms with van der Waals surface area (Å²) < 4.78 is 1.51. The van der Waals surface area contributed by atoms with Gasteiger partial charge in [0.2, 0.25) is 0 Å². The topological polar surface area (TPSA) is 65.8 Å². The number of carboxylic acids is 1. The number of likely N-dealkylation sites (tertiary alicyclic amines) is 1. The maximum atomic E-state index is 12.7. The van der Waals surface area contributed by atoms with Crippen LogP contribution in [0, 0.1) is 0 Å². The van der Waals surface area contributed by atoms with Crippen molar-refractivity contribution in [2.45, 2.75) is 37.9 Å². The molecule has 3 rings (SSSR count). The third-order valence-corrected chi connectivity index (χ3v) is 4.79. The Balaban J connectivity index is 1.76. The van der Waals surface area contributed by atoms with E-state index in [0.717, 1.165) is 25.9 Å². The quantitative estimate of drug-likeness (QED) is 0.898. The number of nitrogens with zero attached hydrogens (tertiary/aromatic N) is 3. The third kappa shape index (κ3) is 2.68. The minimum atomic E-state index is -0.935. The van der Waals surface area contributed by atoms with Gasteiger partial charge in [-0.25, -0.2) is 0 Å². The van der Waals surface area contributed by atoms with E-state index in [1.54, 1.807) is 18.3 Å². The molecule has 1 aromatic rings. The lowest BCUT2D eigenvalue weighted by Crippen LogP contribution is -2.40. The lowest BCUT2D eigenvalue weighted by atomic mass is 10.1. The fourth-order valence-corrected chi connectivity index (χ4v) is 3.55. The molecule has 21 heavy (non-hydrogen) atoms. The first-order chi connectivity index (χ1) is 10.1. The zero-order chi connectivity index (χ0) is 15.0. The highest BCUT2D eigenvalue weighted by atomic mass is 16.4. The van der Waals surface area contributed by atoms with Crippen LogP contribution < -0.4 is 0 Å². The molecule has 0 aromatic carbocycles. The fourth-order valence-electron chi connectivity index (χ4n) is 3.55. The second-order valence-corrected chi connectivity index (χ2v) is 6.01. The molecule has 0 radical (unpaired) electrons. The van der Waals surface area contributed by atoms with Gasteiger partial charge in [-0.15, -0.1) is 0 Å². The van der Waals surface area contributed by atoms with E-state index in [4.69, 9.17) is 5.11 Å². The number of carboxylic acid groups (broad SMARTS) is 1. The SMILES string of the molecule is CN1C2CCC1CN(C(=O)c1cccn1CC(=O)O)CC2. The predicted molar refractivity (Wildman–Crippen MR) is 77.2 cm³/mol. The Bertz CT molecular complexity index is 554. The van der Waals surface area contributed by atoms with E-state index >= 15 is 0 Å². The standard InChI is InChI=1S/C15H21N3O3/c1-16-11-4-5-12(16)9-18(8-6-11)15(21)13-3-2-7-17(13)10-14(19)20/h2-3,7,11-12H,4-6,8-10H2,1H3,(H,19,20). The molecule has 6 nitrogen and oxygen atoms in total. The van der Waals surface area contributed by atoms with Crippen LogP contribution in [-0.2, 0) is 11.3 Å². The van der Waals surface area contributed by atoms with Gasteiger partial charge in [0.15, 0.2) is 0 Å². The summed E-state index contributed by atoms with van der Waals surface area (Å²) in [7, 11) is 2.14. The molecule has 2 aliphatic heterocycles. The average Bonchev–Trinajstić information content (AvgIpc) is 2.94. The number of likely N-dealkylation sites (N-methyl/N-ethyl adjacent to an activating group) is 1. The largest absolute Gasteiger partial charge is 0.480 e. The van der Waals surface area contributed by atoms with Crippen molar-refractivity contribution in [2.24, 2.45) is 0 Å². The molecule has 2 aliphatic rings. The number of carbonyl (C=O) groups is 2. The minimum absolute atomic E-state index is 0.0535. The van der Waals surface area contributed by atoms with Crippen molar-refractivity contribution in [1.82, 2.24) is 14.4 Å². The van der Waals surface area contributed by atoms with E-state index in [1.165, 1.54) is 11.0 Å². The molecule has 1 amide bonds. The van der Waals surface area contributed by atoms with Crippen molar-refractivity contribution < 1.29 is 14.7 Å². The van der Waals surface area contributed by atoms with Gasteiger partial charge in [-0.3, -0.25) is 14.5 Å². The van der Waals surface area contributed by atoms with Crippen LogP contribution in [-0.4, -0.2) is 63.6 Å². The second-order valence-electron chi connectivity index (χ2n) is 6.01. The van der Waals surface area contributed by atoms with Gasteiger partial charge in [-0.2, -0.15) is 0 Å². The molecule has 0 saturated carbocycles. The van der Waals surface area contributed by atoms with Gasteiger partial charge in [0.1, 0.15) is 12.2 Å². The van der Waals surface area contributed by atoms with Crippen molar-refractivity contribution in [1.29, 1.82) is 0 Å². The zero-order valence-electron chi connectivity index (χ0n) is 12.2. The first-order valence-electron chi connectivity index (χ1n) is 7.44. The van der Waals surface area contributed by atoms with Gasteiger partial charge in [0.05, 0.1) is 0 Å². The second kappa shape index (κ2) is 5.52. The van der Waals surface area contributed by atoms with Gasteiger partial charge in [0, 0.05) is 31.4 Å². The third-order valence-electron chi connectivity index (χ3n) is 4.79. The summed E-state index contributed by atoms with van der Waals surface area (Å²) in [4.78, 5) is 27.8. The van der Waals surface area contributed by atoms with Crippen LogP contribution in [0.15, 0.2) is 18.3 Å².